The van der Waals surface area contributed by atoms with E-state index in [9.17, 15) is 27.9 Å². The van der Waals surface area contributed by atoms with Gasteiger partial charge in [0.15, 0.2) is 6.29 Å². The van der Waals surface area contributed by atoms with E-state index in [1.165, 1.54) is 5.56 Å². The van der Waals surface area contributed by atoms with Crippen molar-refractivity contribution in [2.75, 3.05) is 20.1 Å². The lowest BCUT2D eigenvalue weighted by atomic mass is 9.97. The Bertz CT molecular complexity index is 1800. The van der Waals surface area contributed by atoms with Crippen LogP contribution in [0.1, 0.15) is 72.4 Å². The molecule has 2 amide bonds. The quantitative estimate of drug-likeness (QED) is 0.170. The zero-order valence-electron chi connectivity index (χ0n) is 29.3. The number of nitrogens with zero attached hydrogens (tertiary/aromatic N) is 2. The average Bonchev–Trinajstić information content (AvgIpc) is 3.66. The highest BCUT2D eigenvalue weighted by molar-refractivity contribution is 5.90. The minimum absolute atomic E-state index is 0.0354. The smallest absolute Gasteiger partial charge is 0.392 e. The van der Waals surface area contributed by atoms with Crippen molar-refractivity contribution in [3.05, 3.63) is 131 Å². The summed E-state index contributed by atoms with van der Waals surface area (Å²) in [6, 6.07) is 32.5. The van der Waals surface area contributed by atoms with Gasteiger partial charge in [0.05, 0.1) is 18.8 Å². The van der Waals surface area contributed by atoms with Crippen LogP contribution in [0.5, 0.6) is 0 Å². The van der Waals surface area contributed by atoms with E-state index in [1.54, 1.807) is 0 Å². The number of carbonyl (C=O) groups excluding carboxylic acids is 2. The molecule has 5 atom stereocenters. The lowest BCUT2D eigenvalue weighted by Gasteiger charge is -2.39. The molecule has 0 radical (unpaired) electrons. The Balaban J connectivity index is 1.17. The molecule has 2 aliphatic rings. The molecule has 6 rings (SSSR count). The molecule has 0 aromatic heterocycles. The average molecular weight is 716 g/mol. The van der Waals surface area contributed by atoms with E-state index in [0.29, 0.717) is 24.3 Å². The van der Waals surface area contributed by atoms with Crippen LogP contribution < -0.4 is 5.32 Å². The molecule has 4 aromatic carbocycles. The highest BCUT2D eigenvalue weighted by Crippen LogP contribution is 2.39. The SMILES string of the molecule is C[C@@H](c1ccccc1)N(C)C[C@H]1C[C@@H](c2ccc(CO)cc2)O[C@@H](c2ccc(-c3ccccc3CNC(=O)[C@@H]3CCCN3C(=O)C(F)(F)F)cc2)O1. The van der Waals surface area contributed by atoms with Crippen LogP contribution >= 0.6 is 0 Å². The number of likely N-dealkylation sites (tertiary alicyclic amines) is 1. The molecule has 0 saturated carbocycles. The van der Waals surface area contributed by atoms with E-state index in [2.05, 4.69) is 36.3 Å². The maximum Gasteiger partial charge on any atom is 0.471 e. The van der Waals surface area contributed by atoms with Crippen LogP contribution in [0.3, 0.4) is 0 Å². The number of alkyl halides is 3. The van der Waals surface area contributed by atoms with Crippen LogP contribution in [0.15, 0.2) is 103 Å². The van der Waals surface area contributed by atoms with Gasteiger partial charge in [0.2, 0.25) is 5.91 Å². The normalized spacial score (nSPS) is 21.2. The third-order valence-corrected chi connectivity index (χ3v) is 10.1. The first kappa shape index (κ1) is 37.2. The second-order valence-electron chi connectivity index (χ2n) is 13.5. The van der Waals surface area contributed by atoms with Gasteiger partial charge in [-0.3, -0.25) is 14.5 Å². The number of rotatable bonds is 11. The molecular formula is C41H44F3N3O5. The van der Waals surface area contributed by atoms with Crippen LogP contribution in [0.4, 0.5) is 13.2 Å². The topological polar surface area (TPSA) is 91.3 Å². The number of nitrogens with one attached hydrogen (secondary N) is 1. The number of aliphatic hydroxyl groups excluding tert-OH is 1. The van der Waals surface area contributed by atoms with Gasteiger partial charge in [0.25, 0.3) is 0 Å². The highest BCUT2D eigenvalue weighted by Gasteiger charge is 2.47. The third kappa shape index (κ3) is 8.73. The summed E-state index contributed by atoms with van der Waals surface area (Å²) < 4.78 is 52.5. The summed E-state index contributed by atoms with van der Waals surface area (Å²) in [5.41, 5.74) is 6.40. The summed E-state index contributed by atoms with van der Waals surface area (Å²) in [5, 5.41) is 12.3. The molecule has 0 unspecified atom stereocenters. The first-order chi connectivity index (χ1) is 25.0. The van der Waals surface area contributed by atoms with E-state index < -0.39 is 30.3 Å². The standard InChI is InChI=1S/C41H44F3N3O5/c1-27(29-9-4-3-5-10-29)46(2)25-34-23-37(31-16-14-28(26-48)15-17-31)52-39(51-34)32-20-18-30(19-21-32)35-12-7-6-11-33(35)24-45-38(49)36-13-8-22-47(36)40(50)41(42,43)44/h3-7,9-12,14-21,27,34,36-37,39,48H,8,13,22-26H2,1-2H3,(H,45,49)/t27-,34+,36-,37-,39-/m0/s1. The van der Waals surface area contributed by atoms with Crippen molar-refractivity contribution in [3.8, 4) is 11.1 Å². The Hall–Kier alpha value is -4.55. The number of carbonyl (C=O) groups is 2. The number of amides is 2. The lowest BCUT2D eigenvalue weighted by molar-refractivity contribution is -0.253. The molecular weight excluding hydrogens is 671 g/mol. The van der Waals surface area contributed by atoms with Crippen molar-refractivity contribution in [3.63, 3.8) is 0 Å². The number of hydrogen-bond acceptors (Lipinski definition) is 6. The van der Waals surface area contributed by atoms with Gasteiger partial charge in [-0.15, -0.1) is 0 Å². The molecule has 2 N–H and O–H groups in total. The molecule has 2 saturated heterocycles. The molecule has 11 heteroatoms. The molecule has 2 aliphatic heterocycles. The molecule has 0 aliphatic carbocycles. The van der Waals surface area contributed by atoms with Crippen molar-refractivity contribution < 1.29 is 37.3 Å². The van der Waals surface area contributed by atoms with Crippen molar-refractivity contribution >= 4 is 11.8 Å². The van der Waals surface area contributed by atoms with Crippen molar-refractivity contribution in [2.45, 2.75) is 76.1 Å². The zero-order chi connectivity index (χ0) is 36.8. The van der Waals surface area contributed by atoms with Gasteiger partial charge in [-0.25, -0.2) is 0 Å². The second kappa shape index (κ2) is 16.4. The maximum absolute atomic E-state index is 13.1. The maximum atomic E-state index is 13.1. The summed E-state index contributed by atoms with van der Waals surface area (Å²) in [6.07, 6.45) is -4.87. The van der Waals surface area contributed by atoms with E-state index in [1.807, 2.05) is 91.0 Å². The molecule has 2 heterocycles. The van der Waals surface area contributed by atoms with Crippen LogP contribution in [0, 0.1) is 0 Å². The predicted octanol–water partition coefficient (Wildman–Crippen LogP) is 7.25. The van der Waals surface area contributed by atoms with E-state index >= 15 is 0 Å². The Morgan fingerprint density at radius 2 is 1.60 bits per heavy atom. The summed E-state index contributed by atoms with van der Waals surface area (Å²) in [5.74, 6) is -2.59. The number of ether oxygens (including phenoxy) is 2. The number of benzene rings is 4. The summed E-state index contributed by atoms with van der Waals surface area (Å²) in [6.45, 7) is 2.81. The van der Waals surface area contributed by atoms with Crippen LogP contribution in [-0.2, 0) is 32.2 Å². The number of likely N-dealkylation sites (N-methyl/N-ethyl adjacent to an activating group) is 1. The summed E-state index contributed by atoms with van der Waals surface area (Å²) in [4.78, 5) is 27.8. The number of aliphatic hydroxyl groups is 1. The Labute approximate surface area is 302 Å². The minimum Gasteiger partial charge on any atom is -0.392 e. The molecule has 274 valence electrons. The Morgan fingerprint density at radius 3 is 2.29 bits per heavy atom. The fourth-order valence-electron chi connectivity index (χ4n) is 7.02. The van der Waals surface area contributed by atoms with E-state index in [0.717, 1.165) is 33.4 Å². The largest absolute Gasteiger partial charge is 0.471 e. The van der Waals surface area contributed by atoms with E-state index in [-0.39, 0.29) is 44.4 Å². The second-order valence-corrected chi connectivity index (χ2v) is 13.5. The first-order valence-electron chi connectivity index (χ1n) is 17.6. The van der Waals surface area contributed by atoms with Gasteiger partial charge < -0.3 is 24.8 Å². The van der Waals surface area contributed by atoms with E-state index in [4.69, 9.17) is 9.47 Å². The first-order valence-corrected chi connectivity index (χ1v) is 17.6. The van der Waals surface area contributed by atoms with Crippen molar-refractivity contribution in [1.82, 2.24) is 15.1 Å². The van der Waals surface area contributed by atoms with Gasteiger partial charge in [0.1, 0.15) is 6.04 Å². The van der Waals surface area contributed by atoms with Crippen LogP contribution in [0.2, 0.25) is 0 Å². The third-order valence-electron chi connectivity index (χ3n) is 10.1. The Kier molecular flexibility index (Phi) is 11.7. The van der Waals surface area contributed by atoms with Crippen LogP contribution in [-0.4, -0.2) is 65.2 Å². The molecule has 0 bridgehead atoms. The number of hydrogen-bond donors (Lipinski definition) is 2. The van der Waals surface area contributed by atoms with Crippen molar-refractivity contribution in [1.29, 1.82) is 0 Å². The highest BCUT2D eigenvalue weighted by atomic mass is 19.4. The number of halogens is 3. The van der Waals surface area contributed by atoms with Crippen molar-refractivity contribution in [2.24, 2.45) is 0 Å². The molecule has 8 nitrogen and oxygen atoms in total. The summed E-state index contributed by atoms with van der Waals surface area (Å²) >= 11 is 0. The lowest BCUT2D eigenvalue weighted by Crippen LogP contribution is -2.50. The molecule has 52 heavy (non-hydrogen) atoms. The van der Waals surface area contributed by atoms with Gasteiger partial charge in [-0.05, 0) is 60.2 Å². The predicted molar refractivity (Wildman–Crippen MR) is 190 cm³/mol. The Morgan fingerprint density at radius 1 is 0.923 bits per heavy atom. The monoisotopic (exact) mass is 715 g/mol. The minimum atomic E-state index is -5.03. The van der Waals surface area contributed by atoms with Gasteiger partial charge in [-0.1, -0.05) is 103 Å². The zero-order valence-corrected chi connectivity index (χ0v) is 29.3. The fraction of sp³-hybridized carbons (Fsp3) is 0.366. The van der Waals surface area contributed by atoms with Gasteiger partial charge in [0, 0.05) is 37.7 Å². The summed E-state index contributed by atoms with van der Waals surface area (Å²) in [7, 11) is 2.09. The van der Waals surface area contributed by atoms with Gasteiger partial charge in [-0.2, -0.15) is 13.2 Å². The molecule has 2 fully saturated rings. The fourth-order valence-corrected chi connectivity index (χ4v) is 7.02. The molecule has 4 aromatic rings. The van der Waals surface area contributed by atoms with Crippen LogP contribution in [0.25, 0.3) is 11.1 Å². The van der Waals surface area contributed by atoms with Gasteiger partial charge >= 0.3 is 12.1 Å². The molecule has 0 spiro atoms.